The third-order valence-electron chi connectivity index (χ3n) is 2.83. The van der Waals surface area contributed by atoms with Crippen molar-refractivity contribution in [3.63, 3.8) is 0 Å². The number of hydrogen-bond donors (Lipinski definition) is 1. The summed E-state index contributed by atoms with van der Waals surface area (Å²) in [6.45, 7) is 0.340. The van der Waals surface area contributed by atoms with Gasteiger partial charge in [0.1, 0.15) is 11.6 Å². The number of pyridine rings is 1. The molecule has 1 aromatic heterocycles. The summed E-state index contributed by atoms with van der Waals surface area (Å²) in [4.78, 5) is 3.90. The molecule has 2 heterocycles. The normalized spacial score (nSPS) is 12.3. The van der Waals surface area contributed by atoms with Gasteiger partial charge in [-0.05, 0) is 23.2 Å². The van der Waals surface area contributed by atoms with Gasteiger partial charge in [0, 0.05) is 5.56 Å². The van der Waals surface area contributed by atoms with Gasteiger partial charge in [-0.3, -0.25) is 0 Å². The van der Waals surface area contributed by atoms with Crippen LogP contribution in [0.5, 0.6) is 11.6 Å². The number of fused-ring (bicyclic) bond motifs is 1. The Hall–Kier alpha value is -0.550. The van der Waals surface area contributed by atoms with Crippen LogP contribution in [0.3, 0.4) is 0 Å². The largest absolute Gasteiger partial charge is 1.00 e. The predicted molar refractivity (Wildman–Crippen MR) is 66.7 cm³/mol. The topological polar surface area (TPSA) is 75.4 Å². The van der Waals surface area contributed by atoms with Gasteiger partial charge >= 0.3 is 65.3 Å². The number of rotatable bonds is 2. The van der Waals surface area contributed by atoms with Crippen LogP contribution in [0.4, 0.5) is 0 Å². The second kappa shape index (κ2) is 6.94. The Labute approximate surface area is 165 Å². The number of nitriles is 1. The van der Waals surface area contributed by atoms with Crippen LogP contribution in [0.2, 0.25) is 0 Å². The zero-order chi connectivity index (χ0) is 13.2. The summed E-state index contributed by atoms with van der Waals surface area (Å²) in [5.74, 6) is 0.754. The molecule has 7 heteroatoms. The minimum atomic E-state index is -0.873. The molecule has 92 valence electrons. The Morgan fingerprint density at radius 2 is 2.30 bits per heavy atom. The first-order valence-electron chi connectivity index (χ1n) is 5.65. The Morgan fingerprint density at radius 1 is 1.45 bits per heavy atom. The second-order valence-electron chi connectivity index (χ2n) is 4.03. The standard InChI is InChI=1S/C13H8BN2O3.Rb/c15-7-9-2-1-5-16-13(9)19-11-3-4-12-10(6-11)8-18-14(12)17;/h1-4,6,17H,8H2;/q-1;+1. The van der Waals surface area contributed by atoms with E-state index in [4.69, 9.17) is 14.7 Å². The van der Waals surface area contributed by atoms with E-state index < -0.39 is 7.12 Å². The van der Waals surface area contributed by atoms with Crippen molar-refractivity contribution in [2.45, 2.75) is 6.61 Å². The molecule has 0 bridgehead atoms. The van der Waals surface area contributed by atoms with Crippen LogP contribution >= 0.6 is 0 Å². The molecule has 0 atom stereocenters. The molecular weight excluding hydrogens is 328 g/mol. The fourth-order valence-electron chi connectivity index (χ4n) is 1.89. The van der Waals surface area contributed by atoms with Gasteiger partial charge < -0.3 is 19.4 Å². The van der Waals surface area contributed by atoms with Crippen molar-refractivity contribution in [2.75, 3.05) is 0 Å². The molecule has 20 heavy (non-hydrogen) atoms. The third-order valence-corrected chi connectivity index (χ3v) is 2.83. The van der Waals surface area contributed by atoms with E-state index in [1.165, 1.54) is 0 Å². The summed E-state index contributed by atoms with van der Waals surface area (Å²) in [5, 5.41) is 18.5. The average molecular weight is 336 g/mol. The van der Waals surface area contributed by atoms with E-state index in [0.717, 1.165) is 11.0 Å². The number of aromatic nitrogens is 1. The van der Waals surface area contributed by atoms with Crippen molar-refractivity contribution in [2.24, 2.45) is 0 Å². The van der Waals surface area contributed by atoms with E-state index in [0.29, 0.717) is 17.9 Å². The van der Waals surface area contributed by atoms with Crippen LogP contribution in [0.1, 0.15) is 11.1 Å². The predicted octanol–water partition coefficient (Wildman–Crippen LogP) is -2.23. The van der Waals surface area contributed by atoms with Crippen molar-refractivity contribution in [3.8, 4) is 17.7 Å². The molecular formula is C13H8BN2O3Rb. The van der Waals surface area contributed by atoms with Crippen molar-refractivity contribution < 1.29 is 72.6 Å². The van der Waals surface area contributed by atoms with Gasteiger partial charge in [-0.15, -0.1) is 6.07 Å². The van der Waals surface area contributed by atoms with Crippen molar-refractivity contribution in [3.05, 3.63) is 47.7 Å². The molecule has 5 nitrogen and oxygen atoms in total. The fraction of sp³-hybridized carbons (Fsp3) is 0.0769. The first kappa shape index (κ1) is 15.8. The van der Waals surface area contributed by atoms with E-state index in [9.17, 15) is 5.02 Å². The Bertz CT molecular complexity index is 675. The van der Waals surface area contributed by atoms with Crippen molar-refractivity contribution >= 4 is 12.6 Å². The first-order chi connectivity index (χ1) is 9.28. The molecule has 0 saturated carbocycles. The van der Waals surface area contributed by atoms with Gasteiger partial charge in [0.05, 0.1) is 12.7 Å². The fourth-order valence-corrected chi connectivity index (χ4v) is 1.89. The van der Waals surface area contributed by atoms with Crippen LogP contribution in [-0.2, 0) is 11.3 Å². The van der Waals surface area contributed by atoms with E-state index in [1.54, 1.807) is 30.3 Å². The van der Waals surface area contributed by atoms with Gasteiger partial charge in [-0.2, -0.15) is 11.3 Å². The first-order valence-corrected chi connectivity index (χ1v) is 5.65. The minimum absolute atomic E-state index is 0. The van der Waals surface area contributed by atoms with Gasteiger partial charge in [0.25, 0.3) is 0 Å². The number of benzene rings is 1. The monoisotopic (exact) mass is 336 g/mol. The molecule has 0 aliphatic carbocycles. The summed E-state index contributed by atoms with van der Waals surface area (Å²) in [7, 11) is -0.873. The summed E-state index contributed by atoms with van der Waals surface area (Å²) < 4.78 is 10.7. The SMILES string of the molecule is N#Cc1cc[c-]nc1Oc1ccc2c(c1)COB2O.[Rb+]. The van der Waals surface area contributed by atoms with Crippen LogP contribution in [0, 0.1) is 17.5 Å². The van der Waals surface area contributed by atoms with Crippen molar-refractivity contribution in [1.29, 1.82) is 5.26 Å². The molecule has 0 amide bonds. The van der Waals surface area contributed by atoms with Crippen LogP contribution in [0.15, 0.2) is 30.3 Å². The molecule has 3 rings (SSSR count). The van der Waals surface area contributed by atoms with E-state index in [-0.39, 0.29) is 64.1 Å². The van der Waals surface area contributed by atoms with Crippen LogP contribution in [0.25, 0.3) is 0 Å². The summed E-state index contributed by atoms with van der Waals surface area (Å²) in [6.07, 6.45) is 2.62. The third kappa shape index (κ3) is 3.19. The smallest absolute Gasteiger partial charge is 0.498 e. The van der Waals surface area contributed by atoms with E-state index >= 15 is 0 Å². The molecule has 1 aliphatic rings. The Balaban J connectivity index is 0.00000147. The molecule has 1 aromatic carbocycles. The molecule has 0 fully saturated rings. The maximum Gasteiger partial charge on any atom is 1.00 e. The summed E-state index contributed by atoms with van der Waals surface area (Å²) in [5.41, 5.74) is 1.94. The van der Waals surface area contributed by atoms with Crippen LogP contribution in [-0.4, -0.2) is 17.1 Å². The zero-order valence-electron chi connectivity index (χ0n) is 10.8. The molecule has 1 aliphatic heterocycles. The quantitative estimate of drug-likeness (QED) is 0.496. The average Bonchev–Trinajstić information content (AvgIpc) is 2.81. The van der Waals surface area contributed by atoms with E-state index in [1.807, 2.05) is 6.07 Å². The second-order valence-corrected chi connectivity index (χ2v) is 4.03. The maximum atomic E-state index is 9.52. The number of hydrogen-bond acceptors (Lipinski definition) is 5. The van der Waals surface area contributed by atoms with Crippen LogP contribution < -0.4 is 68.4 Å². The van der Waals surface area contributed by atoms with Gasteiger partial charge in [0.2, 0.25) is 0 Å². The summed E-state index contributed by atoms with van der Waals surface area (Å²) in [6, 6.07) is 10.3. The molecule has 0 radical (unpaired) electrons. The van der Waals surface area contributed by atoms with Gasteiger partial charge in [-0.1, -0.05) is 12.3 Å². The zero-order valence-corrected chi connectivity index (χ0v) is 15.7. The summed E-state index contributed by atoms with van der Waals surface area (Å²) >= 11 is 0. The molecule has 0 unspecified atom stereocenters. The Morgan fingerprint density at radius 3 is 3.10 bits per heavy atom. The Kier molecular flexibility index (Phi) is 5.49. The van der Waals surface area contributed by atoms with E-state index in [2.05, 4.69) is 11.2 Å². The molecule has 2 aromatic rings. The minimum Gasteiger partial charge on any atom is -0.498 e. The number of nitrogens with zero attached hydrogens (tertiary/aromatic N) is 2. The number of ether oxygens (including phenoxy) is 1. The molecule has 0 spiro atoms. The van der Waals surface area contributed by atoms with Gasteiger partial charge in [0.15, 0.2) is 0 Å². The molecule has 1 N–H and O–H groups in total. The molecule has 0 saturated heterocycles. The van der Waals surface area contributed by atoms with Gasteiger partial charge in [-0.25, -0.2) is 0 Å². The van der Waals surface area contributed by atoms with Crippen molar-refractivity contribution in [1.82, 2.24) is 4.98 Å². The maximum absolute atomic E-state index is 9.52.